The SMILES string of the molecule is O=[N+]([O-])c1ccc(OCC(O)Cn2c(SCc3ccccc3)nc3ccccc32)cc1. The molecule has 1 aromatic heterocycles. The lowest BCUT2D eigenvalue weighted by Gasteiger charge is -2.15. The maximum Gasteiger partial charge on any atom is 0.269 e. The van der Waals surface area contributed by atoms with E-state index in [4.69, 9.17) is 9.72 Å². The number of thioether (sulfide) groups is 1. The minimum atomic E-state index is -0.774. The second-order valence-corrected chi connectivity index (χ2v) is 7.93. The van der Waals surface area contributed by atoms with Gasteiger partial charge in [0.25, 0.3) is 5.69 Å². The molecule has 1 atom stereocenters. The van der Waals surface area contributed by atoms with Crippen molar-refractivity contribution in [2.24, 2.45) is 0 Å². The number of aromatic nitrogens is 2. The fraction of sp³-hybridized carbons (Fsp3) is 0.174. The lowest BCUT2D eigenvalue weighted by Crippen LogP contribution is -2.24. The van der Waals surface area contributed by atoms with E-state index in [0.29, 0.717) is 12.3 Å². The van der Waals surface area contributed by atoms with Gasteiger partial charge in [-0.1, -0.05) is 54.2 Å². The number of aliphatic hydroxyl groups excluding tert-OH is 1. The molecule has 0 saturated carbocycles. The third-order valence-electron chi connectivity index (χ3n) is 4.71. The molecular weight excluding hydrogens is 414 g/mol. The number of benzene rings is 3. The number of nitrogens with zero attached hydrogens (tertiary/aromatic N) is 3. The Morgan fingerprint density at radius 1 is 1.03 bits per heavy atom. The molecule has 4 rings (SSSR count). The van der Waals surface area contributed by atoms with Crippen LogP contribution in [0.25, 0.3) is 11.0 Å². The Hall–Kier alpha value is -3.36. The van der Waals surface area contributed by atoms with E-state index in [1.54, 1.807) is 11.8 Å². The number of aliphatic hydroxyl groups is 1. The number of imidazole rings is 1. The first-order valence-electron chi connectivity index (χ1n) is 9.77. The van der Waals surface area contributed by atoms with Gasteiger partial charge in [-0.15, -0.1) is 0 Å². The first-order valence-corrected chi connectivity index (χ1v) is 10.8. The highest BCUT2D eigenvalue weighted by Crippen LogP contribution is 2.27. The summed E-state index contributed by atoms with van der Waals surface area (Å²) in [5.74, 6) is 1.25. The number of rotatable bonds is 9. The van der Waals surface area contributed by atoms with E-state index in [0.717, 1.165) is 21.9 Å². The minimum Gasteiger partial charge on any atom is -0.491 e. The summed E-state index contributed by atoms with van der Waals surface area (Å²) in [5.41, 5.74) is 3.03. The molecule has 1 heterocycles. The van der Waals surface area contributed by atoms with Crippen molar-refractivity contribution in [2.45, 2.75) is 23.6 Å². The number of nitro groups is 1. The van der Waals surface area contributed by atoms with Crippen LogP contribution >= 0.6 is 11.8 Å². The smallest absolute Gasteiger partial charge is 0.269 e. The summed E-state index contributed by atoms with van der Waals surface area (Å²) in [6.45, 7) is 0.387. The van der Waals surface area contributed by atoms with E-state index in [1.165, 1.54) is 29.8 Å². The first-order chi connectivity index (χ1) is 15.1. The molecule has 8 heteroatoms. The van der Waals surface area contributed by atoms with Crippen molar-refractivity contribution >= 4 is 28.5 Å². The minimum absolute atomic E-state index is 0.00198. The van der Waals surface area contributed by atoms with Crippen molar-refractivity contribution in [3.63, 3.8) is 0 Å². The van der Waals surface area contributed by atoms with Crippen molar-refractivity contribution in [2.75, 3.05) is 6.61 Å². The topological polar surface area (TPSA) is 90.4 Å². The van der Waals surface area contributed by atoms with E-state index >= 15 is 0 Å². The monoisotopic (exact) mass is 435 g/mol. The van der Waals surface area contributed by atoms with E-state index in [9.17, 15) is 15.2 Å². The Morgan fingerprint density at radius 2 is 1.74 bits per heavy atom. The average molecular weight is 436 g/mol. The third-order valence-corrected chi connectivity index (χ3v) is 5.76. The largest absolute Gasteiger partial charge is 0.491 e. The summed E-state index contributed by atoms with van der Waals surface area (Å²) in [6.07, 6.45) is -0.774. The second kappa shape index (κ2) is 9.63. The normalized spacial score (nSPS) is 12.0. The molecule has 7 nitrogen and oxygen atoms in total. The van der Waals surface area contributed by atoms with Crippen LogP contribution in [0.1, 0.15) is 5.56 Å². The van der Waals surface area contributed by atoms with Gasteiger partial charge in [-0.2, -0.15) is 0 Å². The predicted molar refractivity (Wildman–Crippen MR) is 120 cm³/mol. The summed E-state index contributed by atoms with van der Waals surface area (Å²) >= 11 is 1.62. The van der Waals surface area contributed by atoms with Crippen LogP contribution in [-0.2, 0) is 12.3 Å². The molecule has 0 spiro atoms. The fourth-order valence-corrected chi connectivity index (χ4v) is 4.16. The van der Waals surface area contributed by atoms with Crippen molar-refractivity contribution < 1.29 is 14.8 Å². The molecule has 0 aliphatic heterocycles. The molecule has 0 aliphatic carbocycles. The van der Waals surface area contributed by atoms with Crippen LogP contribution in [0.15, 0.2) is 84.0 Å². The summed E-state index contributed by atoms with van der Waals surface area (Å²) in [6, 6.07) is 23.8. The highest BCUT2D eigenvalue weighted by molar-refractivity contribution is 7.98. The Bertz CT molecular complexity index is 1160. The van der Waals surface area contributed by atoms with Crippen LogP contribution in [0.3, 0.4) is 0 Å². The Labute approximate surface area is 183 Å². The highest BCUT2D eigenvalue weighted by Gasteiger charge is 2.16. The third kappa shape index (κ3) is 5.22. The van der Waals surface area contributed by atoms with E-state index < -0.39 is 11.0 Å². The number of fused-ring (bicyclic) bond motifs is 1. The van der Waals surface area contributed by atoms with Gasteiger partial charge >= 0.3 is 0 Å². The van der Waals surface area contributed by atoms with E-state index in [-0.39, 0.29) is 12.3 Å². The number of hydrogen-bond acceptors (Lipinski definition) is 6. The molecule has 4 aromatic rings. The van der Waals surface area contributed by atoms with Crippen molar-refractivity contribution in [1.29, 1.82) is 0 Å². The van der Waals surface area contributed by atoms with Gasteiger partial charge in [0.2, 0.25) is 0 Å². The first kappa shape index (κ1) is 20.9. The van der Waals surface area contributed by atoms with Gasteiger partial charge < -0.3 is 14.4 Å². The zero-order valence-corrected chi connectivity index (χ0v) is 17.4. The molecule has 1 N–H and O–H groups in total. The lowest BCUT2D eigenvalue weighted by atomic mass is 10.2. The van der Waals surface area contributed by atoms with Gasteiger partial charge in [0.05, 0.1) is 22.5 Å². The van der Waals surface area contributed by atoms with Gasteiger partial charge in [0.1, 0.15) is 18.5 Å². The van der Waals surface area contributed by atoms with Crippen molar-refractivity contribution in [3.8, 4) is 5.75 Å². The Morgan fingerprint density at radius 3 is 2.48 bits per heavy atom. The molecule has 0 saturated heterocycles. The average Bonchev–Trinajstić information content (AvgIpc) is 3.14. The number of non-ortho nitro benzene ring substituents is 1. The molecule has 158 valence electrons. The predicted octanol–water partition coefficient (Wildman–Crippen LogP) is 4.68. The van der Waals surface area contributed by atoms with Gasteiger partial charge in [0.15, 0.2) is 5.16 Å². The molecule has 0 fully saturated rings. The number of hydrogen-bond donors (Lipinski definition) is 1. The van der Waals surface area contributed by atoms with Gasteiger partial charge in [-0.25, -0.2) is 4.98 Å². The molecule has 0 aliphatic rings. The number of nitro benzene ring substituents is 1. The van der Waals surface area contributed by atoms with Crippen LogP contribution in [0.2, 0.25) is 0 Å². The Kier molecular flexibility index (Phi) is 6.49. The molecule has 0 bridgehead atoms. The maximum absolute atomic E-state index is 10.8. The Balaban J connectivity index is 1.45. The van der Waals surface area contributed by atoms with Gasteiger partial charge in [-0.3, -0.25) is 10.1 Å². The molecule has 3 aromatic carbocycles. The van der Waals surface area contributed by atoms with E-state index in [2.05, 4.69) is 12.1 Å². The quantitative estimate of drug-likeness (QED) is 0.233. The molecule has 0 radical (unpaired) electrons. The lowest BCUT2D eigenvalue weighted by molar-refractivity contribution is -0.384. The van der Waals surface area contributed by atoms with Crippen molar-refractivity contribution in [1.82, 2.24) is 9.55 Å². The fourth-order valence-electron chi connectivity index (χ4n) is 3.18. The maximum atomic E-state index is 10.8. The van der Waals surface area contributed by atoms with Crippen LogP contribution in [-0.4, -0.2) is 32.3 Å². The van der Waals surface area contributed by atoms with Crippen LogP contribution in [0.5, 0.6) is 5.75 Å². The zero-order chi connectivity index (χ0) is 21.6. The van der Waals surface area contributed by atoms with Gasteiger partial charge in [0, 0.05) is 17.9 Å². The van der Waals surface area contributed by atoms with Crippen LogP contribution in [0.4, 0.5) is 5.69 Å². The van der Waals surface area contributed by atoms with E-state index in [1.807, 2.05) is 47.0 Å². The van der Waals surface area contributed by atoms with Crippen molar-refractivity contribution in [3.05, 3.63) is 94.5 Å². The van der Waals surface area contributed by atoms with Crippen LogP contribution < -0.4 is 4.74 Å². The molecular formula is C23H21N3O4S. The summed E-state index contributed by atoms with van der Waals surface area (Å²) in [7, 11) is 0. The van der Waals surface area contributed by atoms with Gasteiger partial charge in [-0.05, 0) is 29.8 Å². The summed E-state index contributed by atoms with van der Waals surface area (Å²) in [4.78, 5) is 15.0. The standard InChI is InChI=1S/C23H21N3O4S/c27-19(15-30-20-12-10-18(11-13-20)26(28)29)14-25-22-9-5-4-8-21(22)24-23(25)31-16-17-6-2-1-3-7-17/h1-13,19,27H,14-16H2. The summed E-state index contributed by atoms with van der Waals surface area (Å²) in [5, 5.41) is 22.2. The molecule has 31 heavy (non-hydrogen) atoms. The highest BCUT2D eigenvalue weighted by atomic mass is 32.2. The second-order valence-electron chi connectivity index (χ2n) is 6.98. The molecule has 0 amide bonds. The number of ether oxygens (including phenoxy) is 1. The zero-order valence-electron chi connectivity index (χ0n) is 16.6. The molecule has 1 unspecified atom stereocenters. The van der Waals surface area contributed by atoms with Crippen LogP contribution in [0, 0.1) is 10.1 Å². The number of para-hydroxylation sites is 2. The summed E-state index contributed by atoms with van der Waals surface area (Å²) < 4.78 is 7.63.